The van der Waals surface area contributed by atoms with Gasteiger partial charge in [-0.3, -0.25) is 4.79 Å². The normalized spacial score (nSPS) is 20.2. The topological polar surface area (TPSA) is 116 Å². The van der Waals surface area contributed by atoms with Crippen molar-refractivity contribution in [1.29, 1.82) is 0 Å². The second-order valence-corrected chi connectivity index (χ2v) is 13.5. The zero-order valence-corrected chi connectivity index (χ0v) is 23.7. The van der Waals surface area contributed by atoms with E-state index in [9.17, 15) is 21.6 Å². The van der Waals surface area contributed by atoms with Gasteiger partial charge in [-0.15, -0.1) is 0 Å². The van der Waals surface area contributed by atoms with E-state index in [2.05, 4.69) is 10.2 Å². The quantitative estimate of drug-likeness (QED) is 0.524. The number of carbonyl (C=O) groups excluding carboxylic acids is 1. The lowest BCUT2D eigenvalue weighted by Gasteiger charge is -2.34. The SMILES string of the molecule is CCC1CCCCN1S(=O)(=O)c1cc(C(=O)Nc2ccc(S(=O)(=O)N3CCN(C)CC3)cc2)ccc1OC. The van der Waals surface area contributed by atoms with Crippen LogP contribution in [-0.4, -0.2) is 89.2 Å². The molecule has 2 aliphatic rings. The number of likely N-dealkylation sites (N-methyl/N-ethyl adjacent to an activating group) is 1. The molecule has 1 unspecified atom stereocenters. The molecule has 4 rings (SSSR count). The summed E-state index contributed by atoms with van der Waals surface area (Å²) in [5.41, 5.74) is 0.554. The average Bonchev–Trinajstić information content (AvgIpc) is 2.93. The van der Waals surface area contributed by atoms with E-state index in [0.29, 0.717) is 44.8 Å². The molecule has 12 heteroatoms. The standard InChI is InChI=1S/C26H36N4O6S2/c1-4-22-7-5-6-14-30(22)38(34,35)25-19-20(8-13-24(25)36-3)26(31)27-21-9-11-23(12-10-21)37(32,33)29-17-15-28(2)16-18-29/h8-13,19,22H,4-7,14-18H2,1-3H3,(H,27,31). The summed E-state index contributed by atoms with van der Waals surface area (Å²) < 4.78 is 61.5. The van der Waals surface area contributed by atoms with Crippen LogP contribution < -0.4 is 10.1 Å². The number of nitrogens with zero attached hydrogens (tertiary/aromatic N) is 3. The van der Waals surface area contributed by atoms with Crippen LogP contribution in [0.15, 0.2) is 52.3 Å². The zero-order valence-electron chi connectivity index (χ0n) is 22.1. The van der Waals surface area contributed by atoms with E-state index in [1.807, 2.05) is 14.0 Å². The monoisotopic (exact) mass is 564 g/mol. The van der Waals surface area contributed by atoms with E-state index in [-0.39, 0.29) is 27.1 Å². The summed E-state index contributed by atoms with van der Waals surface area (Å²) in [6, 6.07) is 10.2. The van der Waals surface area contributed by atoms with Crippen LogP contribution in [0.4, 0.5) is 5.69 Å². The molecule has 2 fully saturated rings. The lowest BCUT2D eigenvalue weighted by molar-refractivity contribution is 0.102. The molecule has 0 radical (unpaired) electrons. The third-order valence-corrected chi connectivity index (χ3v) is 11.2. The molecule has 0 aliphatic carbocycles. The third-order valence-electron chi connectivity index (χ3n) is 7.27. The van der Waals surface area contributed by atoms with Gasteiger partial charge in [0.25, 0.3) is 5.91 Å². The number of hydrogen-bond donors (Lipinski definition) is 1. The molecule has 0 spiro atoms. The molecule has 0 bridgehead atoms. The Kier molecular flexibility index (Phi) is 8.78. The number of nitrogens with one attached hydrogen (secondary N) is 1. The summed E-state index contributed by atoms with van der Waals surface area (Å²) >= 11 is 0. The summed E-state index contributed by atoms with van der Waals surface area (Å²) in [4.78, 5) is 15.3. The molecule has 2 aromatic carbocycles. The molecule has 1 N–H and O–H groups in total. The molecule has 2 aliphatic heterocycles. The van der Waals surface area contributed by atoms with Gasteiger partial charge in [0, 0.05) is 50.0 Å². The first kappa shape index (κ1) is 28.5. The van der Waals surface area contributed by atoms with E-state index in [0.717, 1.165) is 19.3 Å². The first-order chi connectivity index (χ1) is 18.1. The Balaban J connectivity index is 1.53. The first-order valence-electron chi connectivity index (χ1n) is 12.9. The Morgan fingerprint density at radius 3 is 2.26 bits per heavy atom. The Morgan fingerprint density at radius 1 is 0.947 bits per heavy atom. The van der Waals surface area contributed by atoms with Crippen molar-refractivity contribution < 1.29 is 26.4 Å². The van der Waals surface area contributed by atoms with Crippen LogP contribution in [0.2, 0.25) is 0 Å². The minimum absolute atomic E-state index is 0.0402. The summed E-state index contributed by atoms with van der Waals surface area (Å²) in [5, 5.41) is 2.73. The van der Waals surface area contributed by atoms with Gasteiger partial charge in [0.15, 0.2) is 0 Å². The van der Waals surface area contributed by atoms with Gasteiger partial charge < -0.3 is 15.0 Å². The van der Waals surface area contributed by atoms with E-state index >= 15 is 0 Å². The smallest absolute Gasteiger partial charge is 0.255 e. The number of benzene rings is 2. The van der Waals surface area contributed by atoms with Crippen molar-refractivity contribution in [3.8, 4) is 5.75 Å². The molecular formula is C26H36N4O6S2. The highest BCUT2D eigenvalue weighted by atomic mass is 32.2. The van der Waals surface area contributed by atoms with Crippen LogP contribution in [0, 0.1) is 0 Å². The first-order valence-corrected chi connectivity index (χ1v) is 15.8. The van der Waals surface area contributed by atoms with Crippen molar-refractivity contribution in [3.63, 3.8) is 0 Å². The fraction of sp³-hybridized carbons (Fsp3) is 0.500. The predicted octanol–water partition coefficient (Wildman–Crippen LogP) is 2.84. The van der Waals surface area contributed by atoms with Crippen molar-refractivity contribution in [1.82, 2.24) is 13.5 Å². The van der Waals surface area contributed by atoms with Crippen molar-refractivity contribution in [2.45, 2.75) is 48.4 Å². The van der Waals surface area contributed by atoms with Gasteiger partial charge in [-0.25, -0.2) is 16.8 Å². The molecule has 2 aromatic rings. The van der Waals surface area contributed by atoms with E-state index in [1.54, 1.807) is 0 Å². The molecule has 2 heterocycles. The molecule has 38 heavy (non-hydrogen) atoms. The van der Waals surface area contributed by atoms with Gasteiger partial charge in [-0.1, -0.05) is 13.3 Å². The summed E-state index contributed by atoms with van der Waals surface area (Å²) in [5.74, 6) is -0.329. The predicted molar refractivity (Wildman–Crippen MR) is 145 cm³/mol. The average molecular weight is 565 g/mol. The number of ether oxygens (including phenoxy) is 1. The second-order valence-electron chi connectivity index (χ2n) is 9.73. The lowest BCUT2D eigenvalue weighted by atomic mass is 10.0. The van der Waals surface area contributed by atoms with Crippen LogP contribution >= 0.6 is 0 Å². The van der Waals surface area contributed by atoms with Crippen LogP contribution in [0.5, 0.6) is 5.75 Å². The van der Waals surface area contributed by atoms with Crippen molar-refractivity contribution in [2.24, 2.45) is 0 Å². The Hall–Kier alpha value is -2.51. The summed E-state index contributed by atoms with van der Waals surface area (Å²) in [6.45, 7) is 4.60. The molecule has 2 saturated heterocycles. The van der Waals surface area contributed by atoms with E-state index in [1.165, 1.54) is 58.2 Å². The summed E-state index contributed by atoms with van der Waals surface area (Å²) in [6.07, 6.45) is 3.29. The van der Waals surface area contributed by atoms with Crippen LogP contribution in [-0.2, 0) is 20.0 Å². The van der Waals surface area contributed by atoms with Gasteiger partial charge in [0.2, 0.25) is 20.0 Å². The van der Waals surface area contributed by atoms with Crippen molar-refractivity contribution in [2.75, 3.05) is 52.2 Å². The number of hydrogen-bond acceptors (Lipinski definition) is 7. The largest absolute Gasteiger partial charge is 0.495 e. The van der Waals surface area contributed by atoms with Crippen LogP contribution in [0.1, 0.15) is 43.0 Å². The van der Waals surface area contributed by atoms with Crippen molar-refractivity contribution in [3.05, 3.63) is 48.0 Å². The molecule has 0 saturated carbocycles. The fourth-order valence-electron chi connectivity index (χ4n) is 4.94. The fourth-order valence-corrected chi connectivity index (χ4v) is 8.31. The Bertz CT molecular complexity index is 1350. The maximum Gasteiger partial charge on any atom is 0.255 e. The second kappa shape index (κ2) is 11.7. The Morgan fingerprint density at radius 2 is 1.63 bits per heavy atom. The molecule has 10 nitrogen and oxygen atoms in total. The lowest BCUT2D eigenvalue weighted by Crippen LogP contribution is -2.46. The molecular weight excluding hydrogens is 528 g/mol. The zero-order chi connectivity index (χ0) is 27.5. The van der Waals surface area contributed by atoms with Gasteiger partial charge in [-0.05, 0) is 68.8 Å². The maximum atomic E-state index is 13.6. The highest BCUT2D eigenvalue weighted by Gasteiger charge is 2.35. The highest BCUT2D eigenvalue weighted by molar-refractivity contribution is 7.89. The van der Waals surface area contributed by atoms with Gasteiger partial charge in [0.05, 0.1) is 12.0 Å². The number of amides is 1. The number of anilines is 1. The Labute approximate surface area is 225 Å². The molecule has 208 valence electrons. The van der Waals surface area contributed by atoms with Gasteiger partial charge in [0.1, 0.15) is 10.6 Å². The maximum absolute atomic E-state index is 13.6. The minimum atomic E-state index is -3.88. The van der Waals surface area contributed by atoms with Crippen molar-refractivity contribution >= 4 is 31.6 Å². The highest BCUT2D eigenvalue weighted by Crippen LogP contribution is 2.33. The number of piperazine rings is 1. The number of piperidine rings is 1. The molecule has 1 atom stereocenters. The van der Waals surface area contributed by atoms with Gasteiger partial charge in [-0.2, -0.15) is 8.61 Å². The summed E-state index contributed by atoms with van der Waals surface area (Å²) in [7, 11) is -4.14. The van der Waals surface area contributed by atoms with E-state index < -0.39 is 26.0 Å². The minimum Gasteiger partial charge on any atom is -0.495 e. The third kappa shape index (κ3) is 5.89. The van der Waals surface area contributed by atoms with E-state index in [4.69, 9.17) is 4.74 Å². The van der Waals surface area contributed by atoms with Gasteiger partial charge >= 0.3 is 0 Å². The van der Waals surface area contributed by atoms with Crippen LogP contribution in [0.25, 0.3) is 0 Å². The number of methoxy groups -OCH3 is 1. The number of carbonyl (C=O) groups is 1. The number of rotatable bonds is 8. The molecule has 0 aromatic heterocycles. The number of sulfonamides is 2. The van der Waals surface area contributed by atoms with Crippen LogP contribution in [0.3, 0.4) is 0 Å². The molecule has 1 amide bonds.